The third-order valence-electron chi connectivity index (χ3n) is 3.27. The number of alkyl halides is 3. The first kappa shape index (κ1) is 16.5. The summed E-state index contributed by atoms with van der Waals surface area (Å²) in [7, 11) is 1.43. The SMILES string of the molecule is COC(C)c1nc(CCc2ccccc2)nn1CC(F)(F)F. The van der Waals surface area contributed by atoms with E-state index in [0.717, 1.165) is 10.2 Å². The molecule has 0 spiro atoms. The molecule has 1 aromatic heterocycles. The van der Waals surface area contributed by atoms with Crippen LogP contribution in [0.2, 0.25) is 0 Å². The van der Waals surface area contributed by atoms with Crippen LogP contribution >= 0.6 is 0 Å². The van der Waals surface area contributed by atoms with E-state index in [1.54, 1.807) is 6.92 Å². The molecular formula is C15H18F3N3O. The van der Waals surface area contributed by atoms with Gasteiger partial charge in [0.1, 0.15) is 12.6 Å². The highest BCUT2D eigenvalue weighted by atomic mass is 19.4. The first-order chi connectivity index (χ1) is 10.4. The molecule has 1 aromatic carbocycles. The summed E-state index contributed by atoms with van der Waals surface area (Å²) < 4.78 is 43.8. The molecule has 1 atom stereocenters. The number of hydrogen-bond acceptors (Lipinski definition) is 3. The van der Waals surface area contributed by atoms with Gasteiger partial charge in [0.05, 0.1) is 0 Å². The van der Waals surface area contributed by atoms with E-state index in [0.29, 0.717) is 18.7 Å². The van der Waals surface area contributed by atoms with Crippen LogP contribution in [0.3, 0.4) is 0 Å². The minimum atomic E-state index is -4.34. The molecule has 0 amide bonds. The quantitative estimate of drug-likeness (QED) is 0.821. The number of nitrogens with zero attached hydrogens (tertiary/aromatic N) is 3. The molecule has 4 nitrogen and oxygen atoms in total. The Morgan fingerprint density at radius 1 is 1.18 bits per heavy atom. The van der Waals surface area contributed by atoms with Gasteiger partial charge in [0.15, 0.2) is 11.6 Å². The first-order valence-corrected chi connectivity index (χ1v) is 6.96. The molecule has 0 bridgehead atoms. The zero-order chi connectivity index (χ0) is 16.2. The van der Waals surface area contributed by atoms with Gasteiger partial charge in [-0.15, -0.1) is 0 Å². The summed E-state index contributed by atoms with van der Waals surface area (Å²) in [6.45, 7) is 0.492. The Kier molecular flexibility index (Phi) is 5.18. The second kappa shape index (κ2) is 6.91. The number of aromatic nitrogens is 3. The lowest BCUT2D eigenvalue weighted by Gasteiger charge is -2.12. The van der Waals surface area contributed by atoms with Gasteiger partial charge in [0.2, 0.25) is 0 Å². The van der Waals surface area contributed by atoms with E-state index < -0.39 is 18.8 Å². The predicted octanol–water partition coefficient (Wildman–Crippen LogP) is 3.33. The van der Waals surface area contributed by atoms with Gasteiger partial charge in [-0.1, -0.05) is 30.3 Å². The van der Waals surface area contributed by atoms with Crippen LogP contribution in [0.5, 0.6) is 0 Å². The Bertz CT molecular complexity index is 596. The van der Waals surface area contributed by atoms with Gasteiger partial charge >= 0.3 is 6.18 Å². The van der Waals surface area contributed by atoms with Gasteiger partial charge in [-0.25, -0.2) is 9.67 Å². The lowest BCUT2D eigenvalue weighted by atomic mass is 10.1. The second-order valence-electron chi connectivity index (χ2n) is 5.02. The van der Waals surface area contributed by atoms with Crippen LogP contribution in [-0.4, -0.2) is 28.1 Å². The van der Waals surface area contributed by atoms with E-state index >= 15 is 0 Å². The highest BCUT2D eigenvalue weighted by Gasteiger charge is 2.31. The molecule has 0 aliphatic rings. The van der Waals surface area contributed by atoms with Crippen molar-refractivity contribution in [1.29, 1.82) is 0 Å². The molecule has 0 aliphatic heterocycles. The number of halogens is 3. The zero-order valence-corrected chi connectivity index (χ0v) is 12.5. The van der Waals surface area contributed by atoms with Crippen molar-refractivity contribution in [2.75, 3.05) is 7.11 Å². The highest BCUT2D eigenvalue weighted by molar-refractivity contribution is 5.15. The number of hydrogen-bond donors (Lipinski definition) is 0. The summed E-state index contributed by atoms with van der Waals surface area (Å²) in [5.41, 5.74) is 1.09. The second-order valence-corrected chi connectivity index (χ2v) is 5.02. The molecular weight excluding hydrogens is 295 g/mol. The van der Waals surface area contributed by atoms with Crippen molar-refractivity contribution in [3.63, 3.8) is 0 Å². The number of aryl methyl sites for hydroxylation is 2. The fraction of sp³-hybridized carbons (Fsp3) is 0.467. The van der Waals surface area contributed by atoms with Gasteiger partial charge in [0, 0.05) is 13.5 Å². The molecule has 2 aromatic rings. The number of ether oxygens (including phenoxy) is 1. The molecule has 120 valence electrons. The van der Waals surface area contributed by atoms with Crippen molar-refractivity contribution < 1.29 is 17.9 Å². The average molecular weight is 313 g/mol. The topological polar surface area (TPSA) is 39.9 Å². The fourth-order valence-electron chi connectivity index (χ4n) is 2.10. The Balaban J connectivity index is 2.14. The number of methoxy groups -OCH3 is 1. The van der Waals surface area contributed by atoms with Gasteiger partial charge in [-0.05, 0) is 18.9 Å². The molecule has 0 N–H and O–H groups in total. The zero-order valence-electron chi connectivity index (χ0n) is 12.5. The molecule has 0 fully saturated rings. The predicted molar refractivity (Wildman–Crippen MR) is 75.4 cm³/mol. The van der Waals surface area contributed by atoms with Gasteiger partial charge in [0.25, 0.3) is 0 Å². The molecule has 7 heteroatoms. The van der Waals surface area contributed by atoms with Crippen LogP contribution in [0.25, 0.3) is 0 Å². The van der Waals surface area contributed by atoms with E-state index in [9.17, 15) is 13.2 Å². The van der Waals surface area contributed by atoms with E-state index in [2.05, 4.69) is 10.1 Å². The van der Waals surface area contributed by atoms with Crippen LogP contribution in [-0.2, 0) is 24.1 Å². The number of rotatable bonds is 6. The van der Waals surface area contributed by atoms with Crippen LogP contribution < -0.4 is 0 Å². The van der Waals surface area contributed by atoms with E-state index in [1.165, 1.54) is 7.11 Å². The van der Waals surface area contributed by atoms with E-state index in [4.69, 9.17) is 4.74 Å². The maximum absolute atomic E-state index is 12.6. The Morgan fingerprint density at radius 3 is 2.45 bits per heavy atom. The summed E-state index contributed by atoms with van der Waals surface area (Å²) in [5.74, 6) is 0.592. The molecule has 0 saturated heterocycles. The third-order valence-corrected chi connectivity index (χ3v) is 3.27. The van der Waals surface area contributed by atoms with Crippen molar-refractivity contribution in [3.8, 4) is 0 Å². The van der Waals surface area contributed by atoms with Crippen molar-refractivity contribution in [2.45, 2.75) is 38.6 Å². The van der Waals surface area contributed by atoms with Gasteiger partial charge in [-0.3, -0.25) is 0 Å². The molecule has 0 radical (unpaired) electrons. The largest absolute Gasteiger partial charge is 0.408 e. The lowest BCUT2D eigenvalue weighted by Crippen LogP contribution is -2.21. The highest BCUT2D eigenvalue weighted by Crippen LogP contribution is 2.21. The lowest BCUT2D eigenvalue weighted by molar-refractivity contribution is -0.143. The Morgan fingerprint density at radius 2 is 1.86 bits per heavy atom. The average Bonchev–Trinajstić information content (AvgIpc) is 2.86. The normalized spacial score (nSPS) is 13.3. The summed E-state index contributed by atoms with van der Waals surface area (Å²) in [6, 6.07) is 9.68. The minimum Gasteiger partial charge on any atom is -0.374 e. The molecule has 1 heterocycles. The van der Waals surface area contributed by atoms with E-state index in [1.807, 2.05) is 30.3 Å². The Hall–Kier alpha value is -1.89. The van der Waals surface area contributed by atoms with Crippen molar-refractivity contribution >= 4 is 0 Å². The summed E-state index contributed by atoms with van der Waals surface area (Å²) in [6.07, 6.45) is -3.72. The maximum atomic E-state index is 12.6. The standard InChI is InChI=1S/C15H18F3N3O/c1-11(22-2)14-19-13(20-21(14)10-15(16,17)18)9-8-12-6-4-3-5-7-12/h3-7,11H,8-10H2,1-2H3. The van der Waals surface area contributed by atoms with Crippen LogP contribution in [0.4, 0.5) is 13.2 Å². The van der Waals surface area contributed by atoms with Crippen LogP contribution in [0, 0.1) is 0 Å². The van der Waals surface area contributed by atoms with Crippen molar-refractivity contribution in [1.82, 2.24) is 14.8 Å². The summed E-state index contributed by atoms with van der Waals surface area (Å²) in [5, 5.41) is 3.99. The molecule has 0 aliphatic carbocycles. The van der Waals surface area contributed by atoms with E-state index in [-0.39, 0.29) is 5.82 Å². The smallest absolute Gasteiger partial charge is 0.374 e. The number of benzene rings is 1. The Labute approximate surface area is 126 Å². The van der Waals surface area contributed by atoms with Crippen molar-refractivity contribution in [3.05, 3.63) is 47.5 Å². The molecule has 22 heavy (non-hydrogen) atoms. The maximum Gasteiger partial charge on any atom is 0.408 e. The first-order valence-electron chi connectivity index (χ1n) is 6.96. The molecule has 0 saturated carbocycles. The van der Waals surface area contributed by atoms with Crippen molar-refractivity contribution in [2.24, 2.45) is 0 Å². The molecule has 2 rings (SSSR count). The van der Waals surface area contributed by atoms with Crippen LogP contribution in [0.15, 0.2) is 30.3 Å². The fourth-order valence-corrected chi connectivity index (χ4v) is 2.10. The van der Waals surface area contributed by atoms with Crippen LogP contribution in [0.1, 0.15) is 30.2 Å². The van der Waals surface area contributed by atoms with Gasteiger partial charge in [-0.2, -0.15) is 18.3 Å². The molecule has 1 unspecified atom stereocenters. The van der Waals surface area contributed by atoms with Gasteiger partial charge < -0.3 is 4.74 Å². The monoisotopic (exact) mass is 313 g/mol. The summed E-state index contributed by atoms with van der Waals surface area (Å²) >= 11 is 0. The minimum absolute atomic E-state index is 0.197. The third kappa shape index (κ3) is 4.56. The summed E-state index contributed by atoms with van der Waals surface area (Å²) in [4.78, 5) is 4.21.